The molecule has 104 valence electrons. The number of non-ortho nitro benzene ring substituents is 1. The Labute approximate surface area is 119 Å². The molecule has 6 nitrogen and oxygen atoms in total. The highest BCUT2D eigenvalue weighted by Gasteiger charge is 2.15. The molecule has 2 N–H and O–H groups in total. The van der Waals surface area contributed by atoms with Crippen LogP contribution in [0.4, 0.5) is 5.69 Å². The molecule has 0 atom stereocenters. The third-order valence-corrected chi connectivity index (χ3v) is 3.05. The van der Waals surface area contributed by atoms with Crippen LogP contribution < -0.4 is 5.32 Å². The summed E-state index contributed by atoms with van der Waals surface area (Å²) >= 11 is 3.20. The summed E-state index contributed by atoms with van der Waals surface area (Å²) in [6.07, 6.45) is 0.0919. The Bertz CT molecular complexity index is 497. The summed E-state index contributed by atoms with van der Waals surface area (Å²) in [5.74, 6) is -0.253. The number of aliphatic hydroxyl groups is 1. The highest BCUT2D eigenvalue weighted by atomic mass is 79.9. The Kier molecular flexibility index (Phi) is 5.02. The van der Waals surface area contributed by atoms with E-state index >= 15 is 0 Å². The van der Waals surface area contributed by atoms with Gasteiger partial charge in [0, 0.05) is 23.2 Å². The van der Waals surface area contributed by atoms with Crippen LogP contribution in [-0.4, -0.2) is 28.1 Å². The van der Waals surface area contributed by atoms with E-state index in [1.807, 2.05) is 0 Å². The van der Waals surface area contributed by atoms with Gasteiger partial charge in [0.05, 0.1) is 16.9 Å². The first kappa shape index (κ1) is 15.6. The fraction of sp³-hybridized carbons (Fsp3) is 0.417. The van der Waals surface area contributed by atoms with Crippen LogP contribution in [-0.2, 0) is 11.2 Å². The van der Waals surface area contributed by atoms with Crippen LogP contribution in [0.3, 0.4) is 0 Å². The van der Waals surface area contributed by atoms with Crippen molar-refractivity contribution in [1.29, 1.82) is 0 Å². The molecule has 1 aromatic rings. The van der Waals surface area contributed by atoms with Gasteiger partial charge in [-0.1, -0.05) is 22.0 Å². The van der Waals surface area contributed by atoms with Crippen molar-refractivity contribution in [3.63, 3.8) is 0 Å². The standard InChI is InChI=1S/C12H15BrN2O4/c1-12(2,17)7-14-11(16)5-8-3-4-9(15(18)19)6-10(8)13/h3-4,6,17H,5,7H2,1-2H3,(H,14,16). The lowest BCUT2D eigenvalue weighted by molar-refractivity contribution is -0.384. The fourth-order valence-corrected chi connectivity index (χ4v) is 1.85. The first-order valence-corrected chi connectivity index (χ1v) is 6.40. The van der Waals surface area contributed by atoms with Crippen LogP contribution in [0, 0.1) is 10.1 Å². The second-order valence-electron chi connectivity index (χ2n) is 4.80. The van der Waals surface area contributed by atoms with Gasteiger partial charge in [0.1, 0.15) is 0 Å². The molecule has 1 amide bonds. The molecular formula is C12H15BrN2O4. The minimum Gasteiger partial charge on any atom is -0.389 e. The first-order chi connectivity index (χ1) is 8.69. The number of halogens is 1. The number of nitrogens with zero attached hydrogens (tertiary/aromatic N) is 1. The lowest BCUT2D eigenvalue weighted by Crippen LogP contribution is -2.38. The molecule has 1 rings (SSSR count). The highest BCUT2D eigenvalue weighted by Crippen LogP contribution is 2.23. The molecule has 0 unspecified atom stereocenters. The zero-order valence-electron chi connectivity index (χ0n) is 10.6. The molecule has 0 radical (unpaired) electrons. The molecule has 0 aliphatic rings. The van der Waals surface area contributed by atoms with Crippen LogP contribution in [0.5, 0.6) is 0 Å². The largest absolute Gasteiger partial charge is 0.389 e. The number of nitro benzene ring substituents is 1. The Hall–Kier alpha value is -1.47. The maximum atomic E-state index is 11.7. The van der Waals surface area contributed by atoms with E-state index < -0.39 is 10.5 Å². The van der Waals surface area contributed by atoms with E-state index in [4.69, 9.17) is 0 Å². The summed E-state index contributed by atoms with van der Waals surface area (Å²) in [6.45, 7) is 3.33. The molecule has 0 aromatic heterocycles. The Balaban J connectivity index is 2.67. The number of benzene rings is 1. The number of carbonyl (C=O) groups is 1. The lowest BCUT2D eigenvalue weighted by Gasteiger charge is -2.17. The van der Waals surface area contributed by atoms with Crippen LogP contribution >= 0.6 is 15.9 Å². The zero-order valence-corrected chi connectivity index (χ0v) is 12.2. The molecule has 0 heterocycles. The second kappa shape index (κ2) is 6.12. The third kappa shape index (κ3) is 5.35. The van der Waals surface area contributed by atoms with Crippen molar-refractivity contribution in [2.75, 3.05) is 6.54 Å². The predicted molar refractivity (Wildman–Crippen MR) is 73.8 cm³/mol. The van der Waals surface area contributed by atoms with Gasteiger partial charge in [0.2, 0.25) is 5.91 Å². The summed E-state index contributed by atoms with van der Waals surface area (Å²) in [4.78, 5) is 21.7. The van der Waals surface area contributed by atoms with Gasteiger partial charge in [-0.15, -0.1) is 0 Å². The average Bonchev–Trinajstić information content (AvgIpc) is 2.28. The average molecular weight is 331 g/mol. The van der Waals surface area contributed by atoms with E-state index in [-0.39, 0.29) is 24.6 Å². The van der Waals surface area contributed by atoms with E-state index in [1.54, 1.807) is 13.8 Å². The van der Waals surface area contributed by atoms with Gasteiger partial charge in [-0.3, -0.25) is 14.9 Å². The van der Waals surface area contributed by atoms with Crippen molar-refractivity contribution in [3.8, 4) is 0 Å². The van der Waals surface area contributed by atoms with E-state index in [9.17, 15) is 20.0 Å². The van der Waals surface area contributed by atoms with Crippen molar-refractivity contribution >= 4 is 27.5 Å². The van der Waals surface area contributed by atoms with Gasteiger partial charge in [0.25, 0.3) is 5.69 Å². The second-order valence-corrected chi connectivity index (χ2v) is 5.65. The molecule has 0 aliphatic carbocycles. The maximum absolute atomic E-state index is 11.7. The molecule has 19 heavy (non-hydrogen) atoms. The van der Waals surface area contributed by atoms with Gasteiger partial charge in [-0.2, -0.15) is 0 Å². The zero-order chi connectivity index (χ0) is 14.6. The Morgan fingerprint density at radius 3 is 2.63 bits per heavy atom. The van der Waals surface area contributed by atoms with Crippen LogP contribution in [0.1, 0.15) is 19.4 Å². The smallest absolute Gasteiger partial charge is 0.270 e. The summed E-state index contributed by atoms with van der Waals surface area (Å²) < 4.78 is 0.514. The summed E-state index contributed by atoms with van der Waals surface area (Å²) in [6, 6.07) is 4.24. The number of hydrogen-bond acceptors (Lipinski definition) is 4. The fourth-order valence-electron chi connectivity index (χ4n) is 1.34. The van der Waals surface area contributed by atoms with Crippen LogP contribution in [0.25, 0.3) is 0 Å². The molecule has 0 saturated carbocycles. The van der Waals surface area contributed by atoms with Gasteiger partial charge in [-0.05, 0) is 19.4 Å². The minimum absolute atomic E-state index is 0.0347. The SMILES string of the molecule is CC(C)(O)CNC(=O)Cc1ccc([N+](=O)[O-])cc1Br. The number of nitro groups is 1. The molecule has 0 fully saturated rings. The van der Waals surface area contributed by atoms with Crippen molar-refractivity contribution in [2.24, 2.45) is 0 Å². The van der Waals surface area contributed by atoms with Gasteiger partial charge in [-0.25, -0.2) is 0 Å². The maximum Gasteiger partial charge on any atom is 0.270 e. The van der Waals surface area contributed by atoms with Gasteiger partial charge >= 0.3 is 0 Å². The monoisotopic (exact) mass is 330 g/mol. The highest BCUT2D eigenvalue weighted by molar-refractivity contribution is 9.10. The lowest BCUT2D eigenvalue weighted by atomic mass is 10.1. The van der Waals surface area contributed by atoms with Crippen molar-refractivity contribution in [2.45, 2.75) is 25.9 Å². The quantitative estimate of drug-likeness (QED) is 0.635. The molecule has 0 bridgehead atoms. The van der Waals surface area contributed by atoms with E-state index in [0.717, 1.165) is 0 Å². The number of carbonyl (C=O) groups excluding carboxylic acids is 1. The topological polar surface area (TPSA) is 92.5 Å². The summed E-state index contributed by atoms with van der Waals surface area (Å²) in [7, 11) is 0. The molecule has 0 saturated heterocycles. The van der Waals surface area contributed by atoms with E-state index in [1.165, 1.54) is 18.2 Å². The van der Waals surface area contributed by atoms with Crippen molar-refractivity contribution < 1.29 is 14.8 Å². The first-order valence-electron chi connectivity index (χ1n) is 5.61. The van der Waals surface area contributed by atoms with Gasteiger partial charge in [0.15, 0.2) is 0 Å². The summed E-state index contributed by atoms with van der Waals surface area (Å²) in [5, 5.41) is 22.7. The van der Waals surface area contributed by atoms with Gasteiger partial charge < -0.3 is 10.4 Å². The van der Waals surface area contributed by atoms with E-state index in [0.29, 0.717) is 10.0 Å². The normalized spacial score (nSPS) is 11.2. The van der Waals surface area contributed by atoms with Crippen molar-refractivity contribution in [1.82, 2.24) is 5.32 Å². The minimum atomic E-state index is -0.970. The number of hydrogen-bond donors (Lipinski definition) is 2. The predicted octanol–water partition coefficient (Wildman–Crippen LogP) is 1.79. The van der Waals surface area contributed by atoms with Crippen LogP contribution in [0.2, 0.25) is 0 Å². The Morgan fingerprint density at radius 1 is 1.53 bits per heavy atom. The Morgan fingerprint density at radius 2 is 2.16 bits per heavy atom. The summed E-state index contributed by atoms with van der Waals surface area (Å²) in [5.41, 5.74) is -0.353. The number of rotatable bonds is 5. The molecule has 1 aromatic carbocycles. The van der Waals surface area contributed by atoms with Crippen LogP contribution in [0.15, 0.2) is 22.7 Å². The number of nitrogens with one attached hydrogen (secondary N) is 1. The molecular weight excluding hydrogens is 316 g/mol. The number of amides is 1. The van der Waals surface area contributed by atoms with E-state index in [2.05, 4.69) is 21.2 Å². The van der Waals surface area contributed by atoms with Crippen molar-refractivity contribution in [3.05, 3.63) is 38.3 Å². The molecule has 7 heteroatoms. The molecule has 0 spiro atoms. The molecule has 0 aliphatic heterocycles. The third-order valence-electron chi connectivity index (χ3n) is 2.32.